The Labute approximate surface area is 117 Å². The molecule has 0 aliphatic carbocycles. The molecular weight excluding hydrogens is 240 g/mol. The van der Waals surface area contributed by atoms with Crippen LogP contribution in [-0.2, 0) is 9.53 Å². The molecule has 1 unspecified atom stereocenters. The Morgan fingerprint density at radius 3 is 2.79 bits per heavy atom. The van der Waals surface area contributed by atoms with Crippen LogP contribution in [0.3, 0.4) is 0 Å². The summed E-state index contributed by atoms with van der Waals surface area (Å²) < 4.78 is 5.17. The lowest BCUT2D eigenvalue weighted by molar-refractivity contribution is -0.188. The largest absolute Gasteiger partial charge is 0.461 e. The Kier molecular flexibility index (Phi) is 7.80. The average molecular weight is 268 g/mol. The van der Waals surface area contributed by atoms with Gasteiger partial charge in [0.1, 0.15) is 6.10 Å². The zero-order chi connectivity index (χ0) is 14.1. The summed E-state index contributed by atoms with van der Waals surface area (Å²) in [5.74, 6) is -0.0321. The molecule has 0 amide bonds. The zero-order valence-electron chi connectivity index (χ0n) is 12.3. The van der Waals surface area contributed by atoms with Crippen molar-refractivity contribution in [2.45, 2.75) is 77.4 Å². The van der Waals surface area contributed by atoms with Crippen LogP contribution in [0.1, 0.15) is 65.2 Å². The number of cyclic esters (lactones) is 1. The van der Waals surface area contributed by atoms with Crippen molar-refractivity contribution in [1.82, 2.24) is 0 Å². The summed E-state index contributed by atoms with van der Waals surface area (Å²) in [5, 5.41) is 9.90. The molecule has 0 aromatic carbocycles. The first kappa shape index (κ1) is 16.2. The van der Waals surface area contributed by atoms with Crippen LogP contribution in [0.5, 0.6) is 0 Å². The molecule has 1 fully saturated rings. The second-order valence-electron chi connectivity index (χ2n) is 5.47. The van der Waals surface area contributed by atoms with Crippen LogP contribution in [0.2, 0.25) is 0 Å². The number of hydrogen-bond donors (Lipinski definition) is 1. The van der Waals surface area contributed by atoms with Gasteiger partial charge in [-0.1, -0.05) is 44.8 Å². The number of rotatable bonds is 10. The highest BCUT2D eigenvalue weighted by molar-refractivity contribution is 5.78. The third-order valence-electron chi connectivity index (χ3n) is 3.79. The molecule has 19 heavy (non-hydrogen) atoms. The molecular formula is C16H28O3. The number of esters is 1. The van der Waals surface area contributed by atoms with E-state index in [9.17, 15) is 9.90 Å². The molecule has 0 aromatic rings. The molecule has 0 aromatic heterocycles. The molecule has 0 spiro atoms. The standard InChI is InChI=1S/C16H28O3/c1-3-5-7-9-11-14-15(19-16(14)18)12-13(17)10-8-6-4-2/h4,6,13-15,17H,3,5,7-12H2,1-2H3/b6-4+/t13?,14-,15-/m0/s1. The second kappa shape index (κ2) is 9.13. The van der Waals surface area contributed by atoms with Crippen LogP contribution in [0.25, 0.3) is 0 Å². The van der Waals surface area contributed by atoms with Gasteiger partial charge in [-0.25, -0.2) is 0 Å². The van der Waals surface area contributed by atoms with Crippen molar-refractivity contribution in [3.63, 3.8) is 0 Å². The van der Waals surface area contributed by atoms with Crippen molar-refractivity contribution in [3.05, 3.63) is 12.2 Å². The molecule has 0 saturated carbocycles. The number of allylic oxidation sites excluding steroid dienone is 2. The molecule has 0 radical (unpaired) electrons. The fourth-order valence-electron chi connectivity index (χ4n) is 2.55. The van der Waals surface area contributed by atoms with Gasteiger partial charge < -0.3 is 9.84 Å². The van der Waals surface area contributed by atoms with E-state index in [1.165, 1.54) is 19.3 Å². The Morgan fingerprint density at radius 2 is 2.16 bits per heavy atom. The van der Waals surface area contributed by atoms with Crippen LogP contribution >= 0.6 is 0 Å². The van der Waals surface area contributed by atoms with Crippen LogP contribution in [-0.4, -0.2) is 23.3 Å². The maximum absolute atomic E-state index is 11.4. The first-order valence-corrected chi connectivity index (χ1v) is 7.68. The van der Waals surface area contributed by atoms with Crippen LogP contribution in [0.4, 0.5) is 0 Å². The first-order chi connectivity index (χ1) is 9.19. The summed E-state index contributed by atoms with van der Waals surface area (Å²) in [4.78, 5) is 11.4. The number of ether oxygens (including phenoxy) is 1. The summed E-state index contributed by atoms with van der Waals surface area (Å²) >= 11 is 0. The minimum absolute atomic E-state index is 0.0354. The first-order valence-electron chi connectivity index (χ1n) is 7.68. The molecule has 3 atom stereocenters. The van der Waals surface area contributed by atoms with Crippen molar-refractivity contribution in [1.29, 1.82) is 0 Å². The third kappa shape index (κ3) is 5.77. The van der Waals surface area contributed by atoms with Crippen molar-refractivity contribution in [2.24, 2.45) is 5.92 Å². The molecule has 3 heteroatoms. The second-order valence-corrected chi connectivity index (χ2v) is 5.47. The summed E-state index contributed by atoms with van der Waals surface area (Å²) in [5.41, 5.74) is 0. The Hall–Kier alpha value is -0.830. The quantitative estimate of drug-likeness (QED) is 0.374. The van der Waals surface area contributed by atoms with Gasteiger partial charge in [0.25, 0.3) is 0 Å². The van der Waals surface area contributed by atoms with Gasteiger partial charge in [0.15, 0.2) is 0 Å². The smallest absolute Gasteiger partial charge is 0.313 e. The van der Waals surface area contributed by atoms with E-state index >= 15 is 0 Å². The fourth-order valence-corrected chi connectivity index (χ4v) is 2.55. The van der Waals surface area contributed by atoms with Crippen molar-refractivity contribution < 1.29 is 14.6 Å². The van der Waals surface area contributed by atoms with Crippen molar-refractivity contribution in [2.75, 3.05) is 0 Å². The van der Waals surface area contributed by atoms with E-state index < -0.39 is 0 Å². The summed E-state index contributed by atoms with van der Waals surface area (Å²) in [6.45, 7) is 4.16. The van der Waals surface area contributed by atoms with Crippen molar-refractivity contribution >= 4 is 5.97 Å². The summed E-state index contributed by atoms with van der Waals surface area (Å²) in [6, 6.07) is 0. The van der Waals surface area contributed by atoms with Crippen LogP contribution in [0, 0.1) is 5.92 Å². The fraction of sp³-hybridized carbons (Fsp3) is 0.812. The van der Waals surface area contributed by atoms with E-state index in [0.29, 0.717) is 6.42 Å². The van der Waals surface area contributed by atoms with E-state index in [1.807, 2.05) is 13.0 Å². The van der Waals surface area contributed by atoms with Gasteiger partial charge in [-0.15, -0.1) is 0 Å². The van der Waals surface area contributed by atoms with Gasteiger partial charge in [-0.2, -0.15) is 0 Å². The molecule has 1 aliphatic heterocycles. The van der Waals surface area contributed by atoms with Gasteiger partial charge in [0.05, 0.1) is 12.0 Å². The highest BCUT2D eigenvalue weighted by atomic mass is 16.6. The zero-order valence-corrected chi connectivity index (χ0v) is 12.3. The van der Waals surface area contributed by atoms with Crippen LogP contribution < -0.4 is 0 Å². The number of aliphatic hydroxyl groups excluding tert-OH is 1. The topological polar surface area (TPSA) is 46.5 Å². The molecule has 1 heterocycles. The number of unbranched alkanes of at least 4 members (excludes halogenated alkanes) is 3. The minimum atomic E-state index is -0.354. The predicted molar refractivity (Wildman–Crippen MR) is 76.8 cm³/mol. The molecule has 1 rings (SSSR count). The predicted octanol–water partition coefficient (Wildman–Crippen LogP) is 3.61. The highest BCUT2D eigenvalue weighted by Gasteiger charge is 2.42. The van der Waals surface area contributed by atoms with E-state index in [0.717, 1.165) is 25.7 Å². The van der Waals surface area contributed by atoms with E-state index in [4.69, 9.17) is 4.74 Å². The summed E-state index contributed by atoms with van der Waals surface area (Å²) in [6.07, 6.45) is 11.5. The number of hydrogen-bond acceptors (Lipinski definition) is 3. The number of aliphatic hydroxyl groups is 1. The molecule has 3 nitrogen and oxygen atoms in total. The maximum Gasteiger partial charge on any atom is 0.313 e. The minimum Gasteiger partial charge on any atom is -0.461 e. The monoisotopic (exact) mass is 268 g/mol. The molecule has 110 valence electrons. The normalized spacial score (nSPS) is 24.3. The Bertz CT molecular complexity index is 286. The van der Waals surface area contributed by atoms with E-state index in [-0.39, 0.29) is 24.1 Å². The molecule has 1 N–H and O–H groups in total. The van der Waals surface area contributed by atoms with Gasteiger partial charge in [0, 0.05) is 6.42 Å². The third-order valence-corrected chi connectivity index (χ3v) is 3.79. The van der Waals surface area contributed by atoms with Gasteiger partial charge in [-0.3, -0.25) is 4.79 Å². The summed E-state index contributed by atoms with van der Waals surface area (Å²) in [7, 11) is 0. The SMILES string of the molecule is C/C=C/CCC(O)C[C@@H]1OC(=O)[C@H]1CCCCCC. The van der Waals surface area contributed by atoms with E-state index in [1.54, 1.807) is 0 Å². The van der Waals surface area contributed by atoms with Gasteiger partial charge in [-0.05, 0) is 26.2 Å². The Morgan fingerprint density at radius 1 is 1.37 bits per heavy atom. The number of carbonyl (C=O) groups is 1. The lowest BCUT2D eigenvalue weighted by atomic mass is 9.87. The Balaban J connectivity index is 2.19. The van der Waals surface area contributed by atoms with Crippen molar-refractivity contribution in [3.8, 4) is 0 Å². The van der Waals surface area contributed by atoms with E-state index in [2.05, 4.69) is 13.0 Å². The average Bonchev–Trinajstić information content (AvgIpc) is 2.38. The van der Waals surface area contributed by atoms with Crippen LogP contribution in [0.15, 0.2) is 12.2 Å². The lowest BCUT2D eigenvalue weighted by Gasteiger charge is -2.36. The number of carbonyl (C=O) groups excluding carboxylic acids is 1. The molecule has 1 saturated heterocycles. The molecule has 1 aliphatic rings. The highest BCUT2D eigenvalue weighted by Crippen LogP contribution is 2.31. The van der Waals surface area contributed by atoms with Gasteiger partial charge >= 0.3 is 5.97 Å². The lowest BCUT2D eigenvalue weighted by Crippen LogP contribution is -2.46. The molecule has 0 bridgehead atoms. The maximum atomic E-state index is 11.4. The van der Waals surface area contributed by atoms with Gasteiger partial charge in [0.2, 0.25) is 0 Å².